The number of nitrogens with one attached hydrogen (secondary N) is 2. The van der Waals surface area contributed by atoms with Crippen LogP contribution in [0.5, 0.6) is 0 Å². The Morgan fingerprint density at radius 3 is 2.17 bits per heavy atom. The molecule has 0 radical (unpaired) electrons. The smallest absolute Gasteiger partial charge is 0.407 e. The molecule has 2 amide bonds. The molecule has 2 aromatic carbocycles. The molecular weight excluding hydrogens is 388 g/mol. The van der Waals surface area contributed by atoms with Crippen molar-refractivity contribution in [1.82, 2.24) is 10.6 Å². The van der Waals surface area contributed by atoms with Crippen molar-refractivity contribution in [3.8, 4) is 0 Å². The van der Waals surface area contributed by atoms with Gasteiger partial charge in [-0.25, -0.2) is 4.79 Å². The number of ketones is 1. The summed E-state index contributed by atoms with van der Waals surface area (Å²) in [6, 6.07) is 16.8. The van der Waals surface area contributed by atoms with E-state index in [9.17, 15) is 19.2 Å². The van der Waals surface area contributed by atoms with E-state index in [2.05, 4.69) is 15.4 Å². The van der Waals surface area contributed by atoms with Gasteiger partial charge in [0.2, 0.25) is 5.91 Å². The third kappa shape index (κ3) is 8.14. The normalized spacial score (nSPS) is 11.1. The van der Waals surface area contributed by atoms with E-state index in [1.165, 1.54) is 7.11 Å². The number of Topliss-reactive ketones (excluding diaryl/α,β-unsaturated/α-hetero) is 1. The molecular formula is C22H24N2O6. The third-order valence-corrected chi connectivity index (χ3v) is 4.15. The second-order valence-electron chi connectivity index (χ2n) is 6.45. The Morgan fingerprint density at radius 2 is 1.53 bits per heavy atom. The molecule has 0 bridgehead atoms. The van der Waals surface area contributed by atoms with Crippen LogP contribution in [0.2, 0.25) is 0 Å². The van der Waals surface area contributed by atoms with Gasteiger partial charge in [0.25, 0.3) is 0 Å². The number of carbonyl (C=O) groups excluding carboxylic acids is 4. The van der Waals surface area contributed by atoms with Gasteiger partial charge in [0.1, 0.15) is 6.61 Å². The Labute approximate surface area is 174 Å². The average molecular weight is 412 g/mol. The highest BCUT2D eigenvalue weighted by atomic mass is 16.5. The molecule has 2 rings (SSSR count). The molecule has 8 heteroatoms. The van der Waals surface area contributed by atoms with Crippen LogP contribution in [0.15, 0.2) is 60.7 Å². The Hall–Kier alpha value is -3.68. The number of carbonyl (C=O) groups is 4. The maximum atomic E-state index is 12.2. The number of amides is 2. The first-order chi connectivity index (χ1) is 14.5. The monoisotopic (exact) mass is 412 g/mol. The number of benzene rings is 2. The van der Waals surface area contributed by atoms with Crippen LogP contribution in [0.25, 0.3) is 0 Å². The zero-order valence-corrected chi connectivity index (χ0v) is 16.6. The zero-order valence-electron chi connectivity index (χ0n) is 16.6. The number of methoxy groups -OCH3 is 1. The summed E-state index contributed by atoms with van der Waals surface area (Å²) < 4.78 is 9.74. The Balaban J connectivity index is 1.85. The van der Waals surface area contributed by atoms with Crippen molar-refractivity contribution in [2.75, 3.05) is 13.7 Å². The van der Waals surface area contributed by atoms with Crippen LogP contribution in [-0.4, -0.2) is 43.4 Å². The molecule has 30 heavy (non-hydrogen) atoms. The Kier molecular flexibility index (Phi) is 9.05. The molecule has 158 valence electrons. The largest absolute Gasteiger partial charge is 0.469 e. The van der Waals surface area contributed by atoms with Crippen molar-refractivity contribution >= 4 is 23.8 Å². The van der Waals surface area contributed by atoms with Crippen LogP contribution >= 0.6 is 0 Å². The second kappa shape index (κ2) is 12.0. The quantitative estimate of drug-likeness (QED) is 0.457. The van der Waals surface area contributed by atoms with Gasteiger partial charge in [-0.15, -0.1) is 0 Å². The third-order valence-electron chi connectivity index (χ3n) is 4.15. The molecule has 0 aliphatic rings. The summed E-state index contributed by atoms with van der Waals surface area (Å²) in [5, 5.41) is 5.00. The van der Waals surface area contributed by atoms with Crippen molar-refractivity contribution < 1.29 is 28.7 Å². The van der Waals surface area contributed by atoms with Gasteiger partial charge in [0, 0.05) is 12.0 Å². The Morgan fingerprint density at radius 1 is 0.900 bits per heavy atom. The van der Waals surface area contributed by atoms with E-state index in [0.717, 1.165) is 5.56 Å². The molecule has 0 heterocycles. The lowest BCUT2D eigenvalue weighted by atomic mass is 10.1. The lowest BCUT2D eigenvalue weighted by Gasteiger charge is -2.17. The number of esters is 1. The van der Waals surface area contributed by atoms with Crippen LogP contribution in [0, 0.1) is 0 Å². The molecule has 2 N–H and O–H groups in total. The fourth-order valence-electron chi connectivity index (χ4n) is 2.59. The predicted molar refractivity (Wildman–Crippen MR) is 109 cm³/mol. The molecule has 0 unspecified atom stereocenters. The lowest BCUT2D eigenvalue weighted by molar-refractivity contribution is -0.141. The minimum atomic E-state index is -0.840. The molecule has 1 atom stereocenters. The van der Waals surface area contributed by atoms with Crippen LogP contribution in [0.4, 0.5) is 4.79 Å². The standard InChI is InChI=1S/C22H24N2O6/c1-29-21(27)13-18(24-22(28)30-15-16-8-4-2-5-9-16)12-20(26)23-14-19(25)17-10-6-3-7-11-17/h2-11,18H,12-15H2,1H3,(H,23,26)(H,24,28)/t18-/m0/s1. The minimum Gasteiger partial charge on any atom is -0.469 e. The molecule has 0 fully saturated rings. The molecule has 0 spiro atoms. The molecule has 0 aliphatic heterocycles. The second-order valence-corrected chi connectivity index (χ2v) is 6.45. The van der Waals surface area contributed by atoms with Crippen LogP contribution in [0.1, 0.15) is 28.8 Å². The minimum absolute atomic E-state index is 0.0510. The van der Waals surface area contributed by atoms with Crippen LogP contribution < -0.4 is 10.6 Å². The summed E-state index contributed by atoms with van der Waals surface area (Å²) in [4.78, 5) is 48.0. The lowest BCUT2D eigenvalue weighted by Crippen LogP contribution is -2.41. The molecule has 0 saturated carbocycles. The molecule has 8 nitrogen and oxygen atoms in total. The van der Waals surface area contributed by atoms with Gasteiger partial charge < -0.3 is 20.1 Å². The van der Waals surface area contributed by atoms with E-state index >= 15 is 0 Å². The molecule has 2 aromatic rings. The van der Waals surface area contributed by atoms with Gasteiger partial charge in [-0.2, -0.15) is 0 Å². The number of hydrogen-bond acceptors (Lipinski definition) is 6. The first kappa shape index (κ1) is 22.6. The first-order valence-electron chi connectivity index (χ1n) is 9.37. The molecule has 0 aromatic heterocycles. The van der Waals surface area contributed by atoms with Crippen molar-refractivity contribution in [1.29, 1.82) is 0 Å². The van der Waals surface area contributed by atoms with Crippen molar-refractivity contribution in [2.24, 2.45) is 0 Å². The summed E-state index contributed by atoms with van der Waals surface area (Å²) in [6.07, 6.45) is -1.19. The fraction of sp³-hybridized carbons (Fsp3) is 0.273. The summed E-state index contributed by atoms with van der Waals surface area (Å²) >= 11 is 0. The fourth-order valence-corrected chi connectivity index (χ4v) is 2.59. The van der Waals surface area contributed by atoms with Crippen LogP contribution in [0.3, 0.4) is 0 Å². The number of rotatable bonds is 10. The number of alkyl carbamates (subject to hydrolysis) is 1. The highest BCUT2D eigenvalue weighted by molar-refractivity contribution is 5.99. The maximum absolute atomic E-state index is 12.2. The summed E-state index contributed by atoms with van der Waals surface area (Å²) in [5.41, 5.74) is 1.28. The summed E-state index contributed by atoms with van der Waals surface area (Å²) in [5.74, 6) is -1.32. The van der Waals surface area contributed by atoms with Crippen molar-refractivity contribution in [3.05, 3.63) is 71.8 Å². The maximum Gasteiger partial charge on any atom is 0.407 e. The number of hydrogen-bond donors (Lipinski definition) is 2. The first-order valence-corrected chi connectivity index (χ1v) is 9.37. The van der Waals surface area contributed by atoms with Gasteiger partial charge in [-0.05, 0) is 5.56 Å². The average Bonchev–Trinajstić information content (AvgIpc) is 2.77. The zero-order chi connectivity index (χ0) is 21.8. The van der Waals surface area contributed by atoms with Gasteiger partial charge in [-0.3, -0.25) is 14.4 Å². The van der Waals surface area contributed by atoms with Gasteiger partial charge >= 0.3 is 12.1 Å². The summed E-state index contributed by atoms with van der Waals surface area (Å²) in [6.45, 7) is -0.137. The van der Waals surface area contributed by atoms with Gasteiger partial charge in [0.15, 0.2) is 5.78 Å². The molecule has 0 saturated heterocycles. The topological polar surface area (TPSA) is 111 Å². The highest BCUT2D eigenvalue weighted by Crippen LogP contribution is 2.05. The van der Waals surface area contributed by atoms with E-state index in [4.69, 9.17) is 4.74 Å². The van der Waals surface area contributed by atoms with E-state index in [1.54, 1.807) is 42.5 Å². The van der Waals surface area contributed by atoms with Crippen molar-refractivity contribution in [2.45, 2.75) is 25.5 Å². The van der Waals surface area contributed by atoms with Gasteiger partial charge in [-0.1, -0.05) is 60.7 Å². The van der Waals surface area contributed by atoms with E-state index < -0.39 is 24.0 Å². The summed E-state index contributed by atoms with van der Waals surface area (Å²) in [7, 11) is 1.21. The molecule has 0 aliphatic carbocycles. The Bertz CT molecular complexity index is 854. The van der Waals surface area contributed by atoms with E-state index in [0.29, 0.717) is 5.56 Å². The predicted octanol–water partition coefficient (Wildman–Crippen LogP) is 2.23. The highest BCUT2D eigenvalue weighted by Gasteiger charge is 2.21. The van der Waals surface area contributed by atoms with E-state index in [-0.39, 0.29) is 31.8 Å². The van der Waals surface area contributed by atoms with E-state index in [1.807, 2.05) is 18.2 Å². The SMILES string of the molecule is COC(=O)C[C@H](CC(=O)NCC(=O)c1ccccc1)NC(=O)OCc1ccccc1. The van der Waals surface area contributed by atoms with Gasteiger partial charge in [0.05, 0.1) is 26.1 Å². The van der Waals surface area contributed by atoms with Crippen LogP contribution in [-0.2, 0) is 25.7 Å². The number of ether oxygens (including phenoxy) is 2. The van der Waals surface area contributed by atoms with Crippen molar-refractivity contribution in [3.63, 3.8) is 0 Å².